The Hall–Kier alpha value is -1.66. The van der Waals surface area contributed by atoms with E-state index in [1.807, 2.05) is 0 Å². The smallest absolute Gasteiger partial charge is 0.305 e. The first kappa shape index (κ1) is 82.3. The second-order valence-electron chi connectivity index (χ2n) is 26.7. The van der Waals surface area contributed by atoms with Gasteiger partial charge in [0, 0.05) is 12.8 Å². The number of amides is 1. The molecule has 6 nitrogen and oxygen atoms in total. The third kappa shape index (κ3) is 69.4. The SMILES string of the molecule is CCCCCCCCC/C=C\CCCCCCCC(=O)OCCCCCCCCCCCCCC/C=C\CCCCCCCCCCCCC(=O)NC(CO)C(O)CCCCCCCCCCCCCCCCCCCCCCCCCCC. The van der Waals surface area contributed by atoms with E-state index >= 15 is 0 Å². The Morgan fingerprint density at radius 2 is 0.560 bits per heavy atom. The van der Waals surface area contributed by atoms with Crippen molar-refractivity contribution in [3.63, 3.8) is 0 Å². The molecular formula is C78H151NO5. The van der Waals surface area contributed by atoms with E-state index in [-0.39, 0.29) is 18.5 Å². The average Bonchev–Trinajstić information content (AvgIpc) is 3.51. The van der Waals surface area contributed by atoms with Gasteiger partial charge in [0.2, 0.25) is 5.91 Å². The van der Waals surface area contributed by atoms with Crippen LogP contribution in [0.4, 0.5) is 0 Å². The molecule has 0 fully saturated rings. The van der Waals surface area contributed by atoms with Crippen molar-refractivity contribution in [2.24, 2.45) is 0 Å². The Bertz CT molecular complexity index is 1320. The topological polar surface area (TPSA) is 95.9 Å². The summed E-state index contributed by atoms with van der Waals surface area (Å²) in [6, 6.07) is -0.545. The summed E-state index contributed by atoms with van der Waals surface area (Å²) in [5, 5.41) is 23.5. The number of hydrogen-bond donors (Lipinski definition) is 3. The number of unbranched alkanes of at least 4 members (excludes halogenated alkanes) is 58. The largest absolute Gasteiger partial charge is 0.466 e. The Balaban J connectivity index is 3.39. The van der Waals surface area contributed by atoms with Crippen LogP contribution in [0.1, 0.15) is 438 Å². The maximum absolute atomic E-state index is 12.6. The molecule has 84 heavy (non-hydrogen) atoms. The summed E-state index contributed by atoms with van der Waals surface area (Å²) in [7, 11) is 0. The molecule has 0 bridgehead atoms. The van der Waals surface area contributed by atoms with Crippen LogP contribution in [0.3, 0.4) is 0 Å². The Labute approximate surface area is 526 Å². The van der Waals surface area contributed by atoms with E-state index in [1.165, 1.54) is 360 Å². The normalized spacial score (nSPS) is 12.6. The van der Waals surface area contributed by atoms with E-state index in [9.17, 15) is 19.8 Å². The maximum atomic E-state index is 12.6. The second kappa shape index (κ2) is 73.8. The van der Waals surface area contributed by atoms with Crippen molar-refractivity contribution in [3.8, 4) is 0 Å². The molecule has 0 aromatic carbocycles. The second-order valence-corrected chi connectivity index (χ2v) is 26.7. The highest BCUT2D eigenvalue weighted by molar-refractivity contribution is 5.76. The molecule has 0 aromatic heterocycles. The number of rotatable bonds is 73. The maximum Gasteiger partial charge on any atom is 0.305 e. The number of carbonyl (C=O) groups excluding carboxylic acids is 2. The zero-order valence-electron chi connectivity index (χ0n) is 57.2. The van der Waals surface area contributed by atoms with Crippen molar-refractivity contribution in [1.29, 1.82) is 0 Å². The van der Waals surface area contributed by atoms with Gasteiger partial charge in [-0.25, -0.2) is 0 Å². The predicted molar refractivity (Wildman–Crippen MR) is 370 cm³/mol. The number of allylic oxidation sites excluding steroid dienone is 4. The van der Waals surface area contributed by atoms with Crippen molar-refractivity contribution in [1.82, 2.24) is 5.32 Å². The van der Waals surface area contributed by atoms with Crippen LogP contribution in [0.15, 0.2) is 24.3 Å². The molecule has 2 atom stereocenters. The highest BCUT2D eigenvalue weighted by Crippen LogP contribution is 2.20. The number of aliphatic hydroxyl groups excluding tert-OH is 2. The van der Waals surface area contributed by atoms with Crippen molar-refractivity contribution < 1.29 is 24.5 Å². The lowest BCUT2D eigenvalue weighted by Gasteiger charge is -2.22. The Morgan fingerprint density at radius 1 is 0.321 bits per heavy atom. The highest BCUT2D eigenvalue weighted by atomic mass is 16.5. The minimum Gasteiger partial charge on any atom is -0.466 e. The summed E-state index contributed by atoms with van der Waals surface area (Å²) >= 11 is 0. The fraction of sp³-hybridized carbons (Fsp3) is 0.923. The molecule has 0 aliphatic carbocycles. The van der Waals surface area contributed by atoms with Gasteiger partial charge in [-0.05, 0) is 77.0 Å². The molecule has 0 aliphatic rings. The molecule has 0 saturated heterocycles. The van der Waals surface area contributed by atoms with Gasteiger partial charge in [0.05, 0.1) is 25.4 Å². The van der Waals surface area contributed by atoms with Gasteiger partial charge in [0.25, 0.3) is 0 Å². The summed E-state index contributed by atoms with van der Waals surface area (Å²) in [5.41, 5.74) is 0. The van der Waals surface area contributed by atoms with Crippen LogP contribution in [0.5, 0.6) is 0 Å². The van der Waals surface area contributed by atoms with Gasteiger partial charge < -0.3 is 20.3 Å². The monoisotopic (exact) mass is 1180 g/mol. The summed E-state index contributed by atoms with van der Waals surface area (Å²) < 4.78 is 5.50. The minimum absolute atomic E-state index is 0.00810. The number of ether oxygens (including phenoxy) is 1. The van der Waals surface area contributed by atoms with Crippen LogP contribution in [-0.2, 0) is 14.3 Å². The molecule has 0 aromatic rings. The molecule has 498 valence electrons. The van der Waals surface area contributed by atoms with Crippen LogP contribution >= 0.6 is 0 Å². The van der Waals surface area contributed by atoms with E-state index < -0.39 is 12.1 Å². The van der Waals surface area contributed by atoms with Crippen molar-refractivity contribution in [2.75, 3.05) is 13.2 Å². The van der Waals surface area contributed by atoms with Gasteiger partial charge in [-0.15, -0.1) is 0 Å². The fourth-order valence-corrected chi connectivity index (χ4v) is 12.3. The average molecular weight is 1180 g/mol. The third-order valence-electron chi connectivity index (χ3n) is 18.2. The zero-order chi connectivity index (χ0) is 60.6. The Morgan fingerprint density at radius 3 is 0.845 bits per heavy atom. The molecule has 0 radical (unpaired) electrons. The third-order valence-corrected chi connectivity index (χ3v) is 18.2. The number of hydrogen-bond acceptors (Lipinski definition) is 5. The van der Waals surface area contributed by atoms with Gasteiger partial charge in [-0.1, -0.05) is 372 Å². The fourth-order valence-electron chi connectivity index (χ4n) is 12.3. The summed E-state index contributed by atoms with van der Waals surface area (Å²) in [6.07, 6.45) is 93.9. The first-order chi connectivity index (χ1) is 41.5. The molecule has 0 saturated carbocycles. The van der Waals surface area contributed by atoms with Crippen LogP contribution in [-0.4, -0.2) is 47.4 Å². The van der Waals surface area contributed by atoms with Crippen LogP contribution < -0.4 is 5.32 Å². The number of aliphatic hydroxyl groups is 2. The summed E-state index contributed by atoms with van der Waals surface area (Å²) in [4.78, 5) is 24.7. The van der Waals surface area contributed by atoms with Gasteiger partial charge in [0.1, 0.15) is 0 Å². The summed E-state index contributed by atoms with van der Waals surface area (Å²) in [6.45, 7) is 4.99. The lowest BCUT2D eigenvalue weighted by Crippen LogP contribution is -2.45. The standard InChI is InChI=1S/C78H151NO5/c1-3-5-7-9-11-13-15-17-19-21-22-23-24-27-30-33-36-39-42-46-50-54-58-62-66-70-76(81)75(74-80)79-77(82)71-67-63-59-55-51-47-43-40-37-34-31-28-25-26-29-32-35-38-41-45-49-53-57-61-65-69-73-84-78(83)72-68-64-60-56-52-48-44-20-18-16-14-12-10-8-6-4-2/h20,25,28,44,75-76,80-81H,3-19,21-24,26-27,29-43,45-74H2,1-2H3,(H,79,82)/b28-25-,44-20-. The quantitative estimate of drug-likeness (QED) is 0.0320. The van der Waals surface area contributed by atoms with Crippen LogP contribution in [0.25, 0.3) is 0 Å². The molecule has 0 spiro atoms. The first-order valence-corrected chi connectivity index (χ1v) is 38.6. The van der Waals surface area contributed by atoms with E-state index in [2.05, 4.69) is 43.5 Å². The van der Waals surface area contributed by atoms with E-state index in [0.717, 1.165) is 44.9 Å². The van der Waals surface area contributed by atoms with Gasteiger partial charge in [0.15, 0.2) is 0 Å². The van der Waals surface area contributed by atoms with Crippen LogP contribution in [0.2, 0.25) is 0 Å². The molecule has 1 amide bonds. The Kier molecular flexibility index (Phi) is 72.3. The van der Waals surface area contributed by atoms with Gasteiger partial charge >= 0.3 is 5.97 Å². The lowest BCUT2D eigenvalue weighted by atomic mass is 10.0. The zero-order valence-corrected chi connectivity index (χ0v) is 57.2. The molecule has 3 N–H and O–H groups in total. The van der Waals surface area contributed by atoms with Crippen molar-refractivity contribution in [3.05, 3.63) is 24.3 Å². The first-order valence-electron chi connectivity index (χ1n) is 38.6. The van der Waals surface area contributed by atoms with Gasteiger partial charge in [-0.2, -0.15) is 0 Å². The highest BCUT2D eigenvalue weighted by Gasteiger charge is 2.20. The van der Waals surface area contributed by atoms with Gasteiger partial charge in [-0.3, -0.25) is 9.59 Å². The molecule has 0 rings (SSSR count). The number of nitrogens with one attached hydrogen (secondary N) is 1. The number of esters is 1. The molecule has 2 unspecified atom stereocenters. The molecule has 6 heteroatoms. The summed E-state index contributed by atoms with van der Waals surface area (Å²) in [5.74, 6) is -0.0233. The minimum atomic E-state index is -0.667. The predicted octanol–water partition coefficient (Wildman–Crippen LogP) is 25.3. The molecule has 0 aliphatic heterocycles. The van der Waals surface area contributed by atoms with E-state index in [0.29, 0.717) is 25.9 Å². The van der Waals surface area contributed by atoms with E-state index in [1.54, 1.807) is 0 Å². The lowest BCUT2D eigenvalue weighted by molar-refractivity contribution is -0.143. The van der Waals surface area contributed by atoms with Crippen LogP contribution in [0, 0.1) is 0 Å². The molecular weight excluding hydrogens is 1030 g/mol. The van der Waals surface area contributed by atoms with E-state index in [4.69, 9.17) is 4.74 Å². The number of carbonyl (C=O) groups is 2. The van der Waals surface area contributed by atoms with Crippen molar-refractivity contribution in [2.45, 2.75) is 450 Å². The van der Waals surface area contributed by atoms with Crippen molar-refractivity contribution >= 4 is 11.9 Å². The molecule has 0 heterocycles.